The van der Waals surface area contributed by atoms with Crippen LogP contribution in [0.5, 0.6) is 5.75 Å². The summed E-state index contributed by atoms with van der Waals surface area (Å²) in [5.74, 6) is -2.90. The van der Waals surface area contributed by atoms with Gasteiger partial charge in [0.1, 0.15) is 5.75 Å². The Hall–Kier alpha value is -2.37. The Balaban J connectivity index is 2.41. The van der Waals surface area contributed by atoms with Crippen LogP contribution in [0, 0.1) is 0 Å². The highest BCUT2D eigenvalue weighted by molar-refractivity contribution is 6.09. The quantitative estimate of drug-likeness (QED) is 0.566. The fraction of sp³-hybridized carbons (Fsp3) is 0.542. The average Bonchev–Trinajstić information content (AvgIpc) is 2.64. The van der Waals surface area contributed by atoms with Gasteiger partial charge < -0.3 is 14.5 Å². The van der Waals surface area contributed by atoms with Crippen LogP contribution in [0.3, 0.4) is 0 Å². The largest absolute Gasteiger partial charge is 0.496 e. The van der Waals surface area contributed by atoms with Crippen LogP contribution in [-0.2, 0) is 10.7 Å². The predicted molar refractivity (Wildman–Crippen MR) is 117 cm³/mol. The molecular weight excluding hydrogens is 386 g/mol. The maximum Gasteiger partial charge on any atom is 0.274 e. The fourth-order valence-electron chi connectivity index (χ4n) is 4.45. The molecule has 0 aromatic heterocycles. The lowest BCUT2D eigenvalue weighted by Gasteiger charge is -2.41. The molecule has 4 nitrogen and oxygen atoms in total. The number of fused-ring (bicyclic) bond motifs is 1. The Morgan fingerprint density at radius 3 is 2.37 bits per heavy atom. The van der Waals surface area contributed by atoms with Crippen LogP contribution in [-0.4, -0.2) is 37.9 Å². The molecule has 1 aromatic carbocycles. The third-order valence-corrected chi connectivity index (χ3v) is 6.05. The van der Waals surface area contributed by atoms with Crippen LogP contribution in [0.25, 0.3) is 5.70 Å². The molecule has 0 bridgehead atoms. The van der Waals surface area contributed by atoms with Gasteiger partial charge >= 0.3 is 0 Å². The van der Waals surface area contributed by atoms with E-state index in [1.807, 2.05) is 11.9 Å². The van der Waals surface area contributed by atoms with E-state index in [2.05, 4.69) is 18.7 Å². The van der Waals surface area contributed by atoms with Crippen molar-refractivity contribution in [3.8, 4) is 5.75 Å². The Kier molecular flexibility index (Phi) is 6.25. The van der Waals surface area contributed by atoms with Gasteiger partial charge in [0, 0.05) is 32.6 Å². The highest BCUT2D eigenvalue weighted by Crippen LogP contribution is 2.49. The maximum atomic E-state index is 14.4. The number of benzene rings is 1. The summed E-state index contributed by atoms with van der Waals surface area (Å²) >= 11 is 0. The molecule has 0 unspecified atom stereocenters. The summed E-state index contributed by atoms with van der Waals surface area (Å²) in [7, 11) is 3.28. The molecule has 164 valence electrons. The molecule has 0 atom stereocenters. The second-order valence-corrected chi connectivity index (χ2v) is 8.18. The van der Waals surface area contributed by atoms with Crippen molar-refractivity contribution >= 4 is 17.2 Å². The number of nitrogens with zero attached hydrogens (tertiary/aromatic N) is 2. The minimum Gasteiger partial charge on any atom is -0.496 e. The van der Waals surface area contributed by atoms with Crippen LogP contribution in [0.1, 0.15) is 64.5 Å². The van der Waals surface area contributed by atoms with E-state index >= 15 is 0 Å². The van der Waals surface area contributed by atoms with Gasteiger partial charge in [0.25, 0.3) is 5.92 Å². The summed E-state index contributed by atoms with van der Waals surface area (Å²) in [5, 5.41) is 0. The standard InChI is InChI=1S/C24H32F2N2O2/c1-7-12-28(8-2)23-17-13-20(30-6)18(24(4,25)26)14-19(17)27(5)22(16-10-9-11-16)21(23)15(3)29/h13-14H,7-12H2,1-6H3. The monoisotopic (exact) mass is 418 g/mol. The fourth-order valence-corrected chi connectivity index (χ4v) is 4.45. The predicted octanol–water partition coefficient (Wildman–Crippen LogP) is 5.73. The van der Waals surface area contributed by atoms with Crippen molar-refractivity contribution < 1.29 is 18.3 Å². The molecule has 3 rings (SSSR count). The van der Waals surface area contributed by atoms with E-state index in [9.17, 15) is 13.6 Å². The third-order valence-electron chi connectivity index (χ3n) is 6.05. The highest BCUT2D eigenvalue weighted by Gasteiger charge is 2.38. The number of Topliss-reactive ketones (excluding diaryl/α,β-unsaturated/α-hetero) is 1. The molecule has 6 heteroatoms. The van der Waals surface area contributed by atoms with Gasteiger partial charge in [-0.1, -0.05) is 6.92 Å². The summed E-state index contributed by atoms with van der Waals surface area (Å²) in [6, 6.07) is 3.21. The normalized spacial score (nSPS) is 16.5. The molecule has 1 heterocycles. The van der Waals surface area contributed by atoms with E-state index in [-0.39, 0.29) is 17.1 Å². The Morgan fingerprint density at radius 1 is 1.27 bits per heavy atom. The molecular formula is C24H32F2N2O2. The van der Waals surface area contributed by atoms with E-state index in [1.54, 1.807) is 13.0 Å². The van der Waals surface area contributed by atoms with Crippen molar-refractivity contribution in [2.45, 2.75) is 59.3 Å². The second kappa shape index (κ2) is 8.40. The molecule has 0 N–H and O–H groups in total. The minimum absolute atomic E-state index is 0.00434. The molecule has 0 saturated heterocycles. The van der Waals surface area contributed by atoms with Crippen molar-refractivity contribution in [1.82, 2.24) is 4.90 Å². The number of alkyl halides is 2. The van der Waals surface area contributed by atoms with E-state index < -0.39 is 5.92 Å². The van der Waals surface area contributed by atoms with Gasteiger partial charge in [0.2, 0.25) is 0 Å². The van der Waals surface area contributed by atoms with Crippen molar-refractivity contribution in [3.05, 3.63) is 40.1 Å². The highest BCUT2D eigenvalue weighted by atomic mass is 19.3. The van der Waals surface area contributed by atoms with Gasteiger partial charge in [-0.3, -0.25) is 4.79 Å². The number of methoxy groups -OCH3 is 1. The first-order chi connectivity index (χ1) is 14.1. The van der Waals surface area contributed by atoms with Gasteiger partial charge in [-0.05, 0) is 57.2 Å². The lowest BCUT2D eigenvalue weighted by atomic mass is 9.82. The molecule has 0 amide bonds. The van der Waals surface area contributed by atoms with Crippen molar-refractivity contribution in [2.75, 3.05) is 32.1 Å². The van der Waals surface area contributed by atoms with E-state index in [1.165, 1.54) is 18.7 Å². The van der Waals surface area contributed by atoms with Crippen LogP contribution in [0.15, 0.2) is 29.0 Å². The first-order valence-corrected chi connectivity index (χ1v) is 10.7. The van der Waals surface area contributed by atoms with Crippen molar-refractivity contribution in [3.63, 3.8) is 0 Å². The van der Waals surface area contributed by atoms with E-state index in [0.29, 0.717) is 11.3 Å². The van der Waals surface area contributed by atoms with Crippen LogP contribution in [0.4, 0.5) is 14.5 Å². The number of halogens is 2. The lowest BCUT2D eigenvalue weighted by molar-refractivity contribution is -0.113. The molecule has 0 spiro atoms. The SMILES string of the molecule is CCCN(CC)C1=C(C(C)=O)C(=C2CCC2)N(C)c2cc(C(C)(F)F)c(OC)cc21. The number of rotatable bonds is 7. The molecule has 1 fully saturated rings. The zero-order chi connectivity index (χ0) is 22.2. The molecule has 1 saturated carbocycles. The maximum absolute atomic E-state index is 14.4. The third kappa shape index (κ3) is 3.72. The van der Waals surface area contributed by atoms with Crippen LogP contribution >= 0.6 is 0 Å². The number of ether oxygens (including phenoxy) is 1. The van der Waals surface area contributed by atoms with Gasteiger partial charge in [0.05, 0.1) is 35.3 Å². The van der Waals surface area contributed by atoms with Gasteiger partial charge in [-0.2, -0.15) is 0 Å². The molecule has 1 aliphatic heterocycles. The number of ketones is 1. The smallest absolute Gasteiger partial charge is 0.274 e. The number of carbonyl (C=O) groups excluding carboxylic acids is 1. The first kappa shape index (κ1) is 22.3. The summed E-state index contributed by atoms with van der Waals surface area (Å²) in [6.45, 7) is 8.14. The molecule has 0 radical (unpaired) electrons. The average molecular weight is 419 g/mol. The topological polar surface area (TPSA) is 32.8 Å². The summed E-state index contributed by atoms with van der Waals surface area (Å²) < 4.78 is 34.1. The number of hydrogen-bond donors (Lipinski definition) is 0. The van der Waals surface area contributed by atoms with E-state index in [0.717, 1.165) is 62.7 Å². The molecule has 30 heavy (non-hydrogen) atoms. The molecule has 1 aromatic rings. The van der Waals surface area contributed by atoms with Gasteiger partial charge in [-0.25, -0.2) is 8.78 Å². The molecule has 1 aliphatic carbocycles. The Morgan fingerprint density at radius 2 is 1.93 bits per heavy atom. The Bertz CT molecular complexity index is 907. The van der Waals surface area contributed by atoms with Crippen LogP contribution in [0.2, 0.25) is 0 Å². The lowest BCUT2D eigenvalue weighted by Crippen LogP contribution is -2.35. The summed E-state index contributed by atoms with van der Waals surface area (Å²) in [6.07, 6.45) is 3.88. The van der Waals surface area contributed by atoms with Gasteiger partial charge in [0.15, 0.2) is 5.78 Å². The van der Waals surface area contributed by atoms with E-state index in [4.69, 9.17) is 4.74 Å². The zero-order valence-corrected chi connectivity index (χ0v) is 18.9. The first-order valence-electron chi connectivity index (χ1n) is 10.7. The summed E-state index contributed by atoms with van der Waals surface area (Å²) in [5.41, 5.74) is 4.95. The second-order valence-electron chi connectivity index (χ2n) is 8.18. The number of anilines is 1. The van der Waals surface area contributed by atoms with Gasteiger partial charge in [-0.15, -0.1) is 0 Å². The molecule has 2 aliphatic rings. The summed E-state index contributed by atoms with van der Waals surface area (Å²) in [4.78, 5) is 17.0. The number of hydrogen-bond acceptors (Lipinski definition) is 4. The van der Waals surface area contributed by atoms with Crippen molar-refractivity contribution in [1.29, 1.82) is 0 Å². The van der Waals surface area contributed by atoms with Crippen molar-refractivity contribution in [2.24, 2.45) is 0 Å². The number of likely N-dealkylation sites (N-methyl/N-ethyl adjacent to an activating group) is 1. The number of carbonyl (C=O) groups is 1. The zero-order valence-electron chi connectivity index (χ0n) is 18.9. The Labute approximate surface area is 178 Å². The number of allylic oxidation sites excluding steroid dienone is 2. The van der Waals surface area contributed by atoms with Crippen LogP contribution < -0.4 is 9.64 Å². The minimum atomic E-state index is -3.04.